The van der Waals surface area contributed by atoms with Gasteiger partial charge >= 0.3 is 0 Å². The summed E-state index contributed by atoms with van der Waals surface area (Å²) in [6.07, 6.45) is 9.66. The highest BCUT2D eigenvalue weighted by molar-refractivity contribution is 4.87. The molecule has 0 aromatic rings. The number of rotatable bonds is 1. The van der Waals surface area contributed by atoms with Crippen LogP contribution < -0.4 is 5.73 Å². The van der Waals surface area contributed by atoms with Crippen molar-refractivity contribution in [2.45, 2.75) is 25.7 Å². The molecule has 0 bridgehead atoms. The zero-order valence-electron chi connectivity index (χ0n) is 5.84. The Balaban J connectivity index is 2.29. The summed E-state index contributed by atoms with van der Waals surface area (Å²) in [7, 11) is 0. The Morgan fingerprint density at radius 2 is 2.33 bits per heavy atom. The van der Waals surface area contributed by atoms with Crippen molar-refractivity contribution in [3.8, 4) is 0 Å². The largest absolute Gasteiger partial charge is 0.330 e. The van der Waals surface area contributed by atoms with Gasteiger partial charge in [-0.05, 0) is 38.1 Å². The van der Waals surface area contributed by atoms with E-state index in [2.05, 4.69) is 12.2 Å². The molecule has 0 aliphatic heterocycles. The molecule has 1 aliphatic rings. The van der Waals surface area contributed by atoms with Gasteiger partial charge in [-0.3, -0.25) is 0 Å². The molecule has 2 N–H and O–H groups in total. The highest BCUT2D eigenvalue weighted by Crippen LogP contribution is 2.16. The third kappa shape index (κ3) is 2.19. The second-order valence-electron chi connectivity index (χ2n) is 2.74. The van der Waals surface area contributed by atoms with Gasteiger partial charge in [-0.25, -0.2) is 0 Å². The molecule has 0 fully saturated rings. The van der Waals surface area contributed by atoms with Gasteiger partial charge in [0.05, 0.1) is 0 Å². The summed E-state index contributed by atoms with van der Waals surface area (Å²) >= 11 is 0. The zero-order valence-corrected chi connectivity index (χ0v) is 5.84. The fraction of sp³-hybridized carbons (Fsp3) is 0.750. The summed E-state index contributed by atoms with van der Waals surface area (Å²) in [4.78, 5) is 0. The van der Waals surface area contributed by atoms with Crippen LogP contribution in [0.1, 0.15) is 25.7 Å². The van der Waals surface area contributed by atoms with Crippen molar-refractivity contribution in [2.75, 3.05) is 6.54 Å². The minimum absolute atomic E-state index is 0.767. The van der Waals surface area contributed by atoms with Crippen molar-refractivity contribution < 1.29 is 0 Å². The second kappa shape index (κ2) is 3.67. The zero-order chi connectivity index (χ0) is 6.53. The minimum Gasteiger partial charge on any atom is -0.330 e. The molecule has 1 heteroatoms. The molecular formula is C8H15N. The average molecular weight is 125 g/mol. The normalized spacial score (nSPS) is 27.9. The maximum absolute atomic E-state index is 5.54. The molecule has 1 aliphatic carbocycles. The molecule has 0 aromatic carbocycles. The van der Waals surface area contributed by atoms with Gasteiger partial charge in [0.15, 0.2) is 0 Å². The SMILES string of the molecule is NCC1CC=CCCC1. The van der Waals surface area contributed by atoms with E-state index in [0.29, 0.717) is 0 Å². The van der Waals surface area contributed by atoms with Crippen molar-refractivity contribution in [1.29, 1.82) is 0 Å². The van der Waals surface area contributed by atoms with Crippen molar-refractivity contribution in [2.24, 2.45) is 11.7 Å². The van der Waals surface area contributed by atoms with E-state index in [-0.39, 0.29) is 0 Å². The van der Waals surface area contributed by atoms with Crippen molar-refractivity contribution in [3.05, 3.63) is 12.2 Å². The molecule has 1 unspecified atom stereocenters. The topological polar surface area (TPSA) is 26.0 Å². The predicted octanol–water partition coefficient (Wildman–Crippen LogP) is 1.69. The van der Waals surface area contributed by atoms with Crippen LogP contribution in [0.25, 0.3) is 0 Å². The molecule has 1 atom stereocenters. The van der Waals surface area contributed by atoms with E-state index in [1.807, 2.05) is 0 Å². The molecule has 1 rings (SSSR count). The van der Waals surface area contributed by atoms with Gasteiger partial charge in [0, 0.05) is 0 Å². The summed E-state index contributed by atoms with van der Waals surface area (Å²) in [6.45, 7) is 0.865. The lowest BCUT2D eigenvalue weighted by molar-refractivity contribution is 0.497. The van der Waals surface area contributed by atoms with E-state index < -0.39 is 0 Å². The summed E-state index contributed by atoms with van der Waals surface area (Å²) in [6, 6.07) is 0. The van der Waals surface area contributed by atoms with Gasteiger partial charge in [0.2, 0.25) is 0 Å². The first kappa shape index (κ1) is 6.81. The third-order valence-electron chi connectivity index (χ3n) is 1.95. The van der Waals surface area contributed by atoms with E-state index >= 15 is 0 Å². The Kier molecular flexibility index (Phi) is 2.78. The van der Waals surface area contributed by atoms with Crippen LogP contribution in [0, 0.1) is 5.92 Å². The van der Waals surface area contributed by atoms with Gasteiger partial charge in [-0.15, -0.1) is 0 Å². The summed E-state index contributed by atoms with van der Waals surface area (Å²) < 4.78 is 0. The molecule has 0 spiro atoms. The lowest BCUT2D eigenvalue weighted by Gasteiger charge is -2.07. The molecule has 0 radical (unpaired) electrons. The maximum Gasteiger partial charge on any atom is -0.00459 e. The minimum atomic E-state index is 0.767. The molecule has 0 saturated heterocycles. The summed E-state index contributed by atoms with van der Waals surface area (Å²) in [5.41, 5.74) is 5.54. The van der Waals surface area contributed by atoms with Gasteiger partial charge in [-0.1, -0.05) is 12.2 Å². The smallest absolute Gasteiger partial charge is 0.00459 e. The molecular weight excluding hydrogens is 110 g/mol. The monoisotopic (exact) mass is 125 g/mol. The molecule has 1 nitrogen and oxygen atoms in total. The molecule has 0 aromatic heterocycles. The number of nitrogens with two attached hydrogens (primary N) is 1. The van der Waals surface area contributed by atoms with E-state index in [4.69, 9.17) is 5.73 Å². The van der Waals surface area contributed by atoms with Crippen molar-refractivity contribution >= 4 is 0 Å². The van der Waals surface area contributed by atoms with Crippen LogP contribution in [0.15, 0.2) is 12.2 Å². The van der Waals surface area contributed by atoms with Crippen LogP contribution in [-0.2, 0) is 0 Å². The van der Waals surface area contributed by atoms with Crippen LogP contribution in [-0.4, -0.2) is 6.54 Å². The predicted molar refractivity (Wildman–Crippen MR) is 40.2 cm³/mol. The van der Waals surface area contributed by atoms with E-state index in [9.17, 15) is 0 Å². The molecule has 0 heterocycles. The highest BCUT2D eigenvalue weighted by Gasteiger charge is 2.05. The molecule has 9 heavy (non-hydrogen) atoms. The number of hydrogen-bond donors (Lipinski definition) is 1. The van der Waals surface area contributed by atoms with Gasteiger partial charge in [0.25, 0.3) is 0 Å². The Bertz CT molecular complexity index is 96.7. The Labute approximate surface area is 56.9 Å². The van der Waals surface area contributed by atoms with Crippen molar-refractivity contribution in [1.82, 2.24) is 0 Å². The van der Waals surface area contributed by atoms with Gasteiger partial charge < -0.3 is 5.73 Å². The highest BCUT2D eigenvalue weighted by atomic mass is 14.5. The van der Waals surface area contributed by atoms with Crippen LogP contribution in [0.3, 0.4) is 0 Å². The van der Waals surface area contributed by atoms with Crippen LogP contribution in [0.2, 0.25) is 0 Å². The second-order valence-corrected chi connectivity index (χ2v) is 2.74. The standard InChI is InChI=1S/C8H15N/c9-7-8-5-3-1-2-4-6-8/h1,3,8H,2,4-7,9H2. The summed E-state index contributed by atoms with van der Waals surface area (Å²) in [5.74, 6) is 0.767. The number of hydrogen-bond acceptors (Lipinski definition) is 1. The first-order chi connectivity index (χ1) is 4.43. The molecule has 0 saturated carbocycles. The van der Waals surface area contributed by atoms with Crippen LogP contribution >= 0.6 is 0 Å². The lowest BCUT2D eigenvalue weighted by Crippen LogP contribution is -2.12. The Morgan fingerprint density at radius 1 is 1.44 bits per heavy atom. The van der Waals surface area contributed by atoms with E-state index in [1.54, 1.807) is 0 Å². The van der Waals surface area contributed by atoms with Crippen molar-refractivity contribution in [3.63, 3.8) is 0 Å². The average Bonchev–Trinajstić information content (AvgIpc) is 2.13. The maximum atomic E-state index is 5.54. The van der Waals surface area contributed by atoms with Crippen LogP contribution in [0.5, 0.6) is 0 Å². The quantitative estimate of drug-likeness (QED) is 0.530. The molecule has 52 valence electrons. The fourth-order valence-corrected chi connectivity index (χ4v) is 1.26. The Hall–Kier alpha value is -0.300. The van der Waals surface area contributed by atoms with Gasteiger partial charge in [0.1, 0.15) is 0 Å². The number of allylic oxidation sites excluding steroid dienone is 2. The summed E-state index contributed by atoms with van der Waals surface area (Å²) in [5, 5.41) is 0. The lowest BCUT2D eigenvalue weighted by atomic mass is 10.0. The van der Waals surface area contributed by atoms with E-state index in [0.717, 1.165) is 12.5 Å². The molecule has 0 amide bonds. The first-order valence-electron chi connectivity index (χ1n) is 3.78. The fourth-order valence-electron chi connectivity index (χ4n) is 1.26. The van der Waals surface area contributed by atoms with E-state index in [1.165, 1.54) is 25.7 Å². The van der Waals surface area contributed by atoms with Crippen LogP contribution in [0.4, 0.5) is 0 Å². The third-order valence-corrected chi connectivity index (χ3v) is 1.95. The first-order valence-corrected chi connectivity index (χ1v) is 3.78. The van der Waals surface area contributed by atoms with Gasteiger partial charge in [-0.2, -0.15) is 0 Å². The Morgan fingerprint density at radius 3 is 3.11 bits per heavy atom.